The first-order chi connectivity index (χ1) is 8.50. The minimum absolute atomic E-state index is 0.00127. The largest absolute Gasteiger partial charge is 0.294 e. The van der Waals surface area contributed by atoms with Gasteiger partial charge >= 0.3 is 0 Å². The molecule has 1 aliphatic carbocycles. The van der Waals surface area contributed by atoms with Crippen LogP contribution in [0.5, 0.6) is 0 Å². The van der Waals surface area contributed by atoms with Gasteiger partial charge in [-0.15, -0.1) is 0 Å². The Morgan fingerprint density at radius 2 is 1.83 bits per heavy atom. The fourth-order valence-corrected chi connectivity index (χ4v) is 3.01. The molecule has 0 spiro atoms. The summed E-state index contributed by atoms with van der Waals surface area (Å²) in [6.45, 7) is 1.96. The summed E-state index contributed by atoms with van der Waals surface area (Å²) in [5.41, 5.74) is -0.326. The van der Waals surface area contributed by atoms with Crippen molar-refractivity contribution in [3.05, 3.63) is 34.4 Å². The predicted molar refractivity (Wildman–Crippen MR) is 66.9 cm³/mol. The van der Waals surface area contributed by atoms with Crippen LogP contribution in [-0.4, -0.2) is 5.78 Å². The Balaban J connectivity index is 2.42. The Morgan fingerprint density at radius 3 is 2.39 bits per heavy atom. The number of hydrogen-bond acceptors (Lipinski definition) is 1. The van der Waals surface area contributed by atoms with Crippen molar-refractivity contribution in [2.75, 3.05) is 0 Å². The lowest BCUT2D eigenvalue weighted by Gasteiger charge is -2.26. The van der Waals surface area contributed by atoms with E-state index in [2.05, 4.69) is 0 Å². The standard InChI is InChI=1S/C14H15ClF2O/c1-2-14(5-3-4-6-14)13(18)9-7-11(16)12(17)8-10(9)15/h7-8H,2-6H2,1H3. The van der Waals surface area contributed by atoms with Crippen molar-refractivity contribution in [3.8, 4) is 0 Å². The molecule has 18 heavy (non-hydrogen) atoms. The SMILES string of the molecule is CCC1(C(=O)c2cc(F)c(F)cc2Cl)CCCC1. The quantitative estimate of drug-likeness (QED) is 0.572. The summed E-state index contributed by atoms with van der Waals surface area (Å²) < 4.78 is 26.3. The highest BCUT2D eigenvalue weighted by atomic mass is 35.5. The van der Waals surface area contributed by atoms with Gasteiger partial charge in [-0.05, 0) is 31.4 Å². The van der Waals surface area contributed by atoms with Gasteiger partial charge < -0.3 is 0 Å². The first-order valence-corrected chi connectivity index (χ1v) is 6.57. The number of halogens is 3. The van der Waals surface area contributed by atoms with Gasteiger partial charge in [0.1, 0.15) is 0 Å². The number of carbonyl (C=O) groups excluding carboxylic acids is 1. The Labute approximate surface area is 110 Å². The molecule has 0 heterocycles. The minimum Gasteiger partial charge on any atom is -0.294 e. The predicted octanol–water partition coefficient (Wildman–Crippen LogP) is 4.77. The molecule has 1 aromatic rings. The molecule has 0 bridgehead atoms. The molecule has 0 radical (unpaired) electrons. The number of Topliss-reactive ketones (excluding diaryl/α,β-unsaturated/α-hetero) is 1. The summed E-state index contributed by atoms with van der Waals surface area (Å²) in [6, 6.07) is 1.80. The second-order valence-corrected chi connectivity index (χ2v) is 5.32. The van der Waals surface area contributed by atoms with Gasteiger partial charge in [0.25, 0.3) is 0 Å². The van der Waals surface area contributed by atoms with Crippen molar-refractivity contribution in [3.63, 3.8) is 0 Å². The van der Waals surface area contributed by atoms with Crippen LogP contribution < -0.4 is 0 Å². The zero-order chi connectivity index (χ0) is 13.3. The van der Waals surface area contributed by atoms with Crippen molar-refractivity contribution in [2.45, 2.75) is 39.0 Å². The number of carbonyl (C=O) groups is 1. The van der Waals surface area contributed by atoms with Gasteiger partial charge in [0.05, 0.1) is 5.02 Å². The maximum absolute atomic E-state index is 13.2. The van der Waals surface area contributed by atoms with Crippen molar-refractivity contribution < 1.29 is 13.6 Å². The van der Waals surface area contributed by atoms with E-state index in [0.29, 0.717) is 6.42 Å². The average Bonchev–Trinajstić information content (AvgIpc) is 2.83. The molecular formula is C14H15ClF2O. The van der Waals surface area contributed by atoms with Crippen LogP contribution in [0.15, 0.2) is 12.1 Å². The van der Waals surface area contributed by atoms with Gasteiger partial charge in [-0.3, -0.25) is 4.79 Å². The molecule has 2 rings (SSSR count). The lowest BCUT2D eigenvalue weighted by molar-refractivity contribution is 0.0791. The summed E-state index contributed by atoms with van der Waals surface area (Å²) in [5, 5.41) is -0.00127. The topological polar surface area (TPSA) is 17.1 Å². The van der Waals surface area contributed by atoms with Crippen LogP contribution >= 0.6 is 11.6 Å². The van der Waals surface area contributed by atoms with Gasteiger partial charge in [-0.2, -0.15) is 0 Å². The van der Waals surface area contributed by atoms with Crippen molar-refractivity contribution in [1.82, 2.24) is 0 Å². The van der Waals surface area contributed by atoms with Crippen LogP contribution in [0.4, 0.5) is 8.78 Å². The maximum atomic E-state index is 13.2. The molecular weight excluding hydrogens is 258 g/mol. The molecule has 0 aromatic heterocycles. The monoisotopic (exact) mass is 272 g/mol. The zero-order valence-corrected chi connectivity index (χ0v) is 11.0. The molecule has 0 aliphatic heterocycles. The Kier molecular flexibility index (Phi) is 3.71. The third-order valence-electron chi connectivity index (χ3n) is 3.97. The summed E-state index contributed by atoms with van der Waals surface area (Å²) in [6.07, 6.45) is 4.32. The van der Waals surface area contributed by atoms with Gasteiger partial charge in [-0.1, -0.05) is 31.4 Å². The lowest BCUT2D eigenvalue weighted by atomic mass is 9.76. The van der Waals surface area contributed by atoms with Crippen LogP contribution in [0.1, 0.15) is 49.4 Å². The second kappa shape index (κ2) is 4.96. The van der Waals surface area contributed by atoms with E-state index in [-0.39, 0.29) is 16.4 Å². The van der Waals surface area contributed by atoms with Gasteiger partial charge in [0.2, 0.25) is 0 Å². The number of benzene rings is 1. The molecule has 1 aromatic carbocycles. The summed E-state index contributed by atoms with van der Waals surface area (Å²) in [5.74, 6) is -2.19. The molecule has 1 nitrogen and oxygen atoms in total. The number of hydrogen-bond donors (Lipinski definition) is 0. The summed E-state index contributed by atoms with van der Waals surface area (Å²) in [7, 11) is 0. The van der Waals surface area contributed by atoms with Crippen LogP contribution in [0.25, 0.3) is 0 Å². The molecule has 0 N–H and O–H groups in total. The fraction of sp³-hybridized carbons (Fsp3) is 0.500. The van der Waals surface area contributed by atoms with E-state index >= 15 is 0 Å². The van der Waals surface area contributed by atoms with E-state index in [4.69, 9.17) is 11.6 Å². The molecule has 1 saturated carbocycles. The Bertz CT molecular complexity index is 479. The van der Waals surface area contributed by atoms with Crippen molar-refractivity contribution in [1.29, 1.82) is 0 Å². The average molecular weight is 273 g/mol. The van der Waals surface area contributed by atoms with E-state index in [0.717, 1.165) is 37.8 Å². The van der Waals surface area contributed by atoms with E-state index in [1.165, 1.54) is 0 Å². The Morgan fingerprint density at radius 1 is 1.28 bits per heavy atom. The van der Waals surface area contributed by atoms with Crippen LogP contribution in [0.3, 0.4) is 0 Å². The molecule has 1 aliphatic rings. The third-order valence-corrected chi connectivity index (χ3v) is 4.29. The zero-order valence-electron chi connectivity index (χ0n) is 10.2. The van der Waals surface area contributed by atoms with Crippen molar-refractivity contribution in [2.24, 2.45) is 5.41 Å². The molecule has 0 atom stereocenters. The van der Waals surface area contributed by atoms with Crippen molar-refractivity contribution >= 4 is 17.4 Å². The first-order valence-electron chi connectivity index (χ1n) is 6.19. The van der Waals surface area contributed by atoms with E-state index in [1.807, 2.05) is 6.92 Å². The van der Waals surface area contributed by atoms with Gasteiger partial charge in [0.15, 0.2) is 17.4 Å². The smallest absolute Gasteiger partial charge is 0.170 e. The first kappa shape index (κ1) is 13.5. The minimum atomic E-state index is -1.02. The molecule has 0 amide bonds. The molecule has 0 saturated heterocycles. The molecule has 98 valence electrons. The normalized spacial score (nSPS) is 18.0. The van der Waals surface area contributed by atoms with Gasteiger partial charge in [0, 0.05) is 11.0 Å². The van der Waals surface area contributed by atoms with Gasteiger partial charge in [-0.25, -0.2) is 8.78 Å². The summed E-state index contributed by atoms with van der Waals surface area (Å²) in [4.78, 5) is 12.5. The fourth-order valence-electron chi connectivity index (χ4n) is 2.78. The number of rotatable bonds is 3. The Hall–Kier alpha value is -0.960. The highest BCUT2D eigenvalue weighted by Gasteiger charge is 2.40. The number of ketones is 1. The third kappa shape index (κ3) is 2.16. The van der Waals surface area contributed by atoms with Crippen LogP contribution in [0, 0.1) is 17.0 Å². The van der Waals surface area contributed by atoms with E-state index in [9.17, 15) is 13.6 Å². The molecule has 1 fully saturated rings. The second-order valence-electron chi connectivity index (χ2n) is 4.92. The van der Waals surface area contributed by atoms with Crippen LogP contribution in [0.2, 0.25) is 5.02 Å². The maximum Gasteiger partial charge on any atom is 0.170 e. The van der Waals surface area contributed by atoms with E-state index in [1.54, 1.807) is 0 Å². The summed E-state index contributed by atoms with van der Waals surface area (Å²) >= 11 is 5.87. The highest BCUT2D eigenvalue weighted by Crippen LogP contribution is 2.44. The highest BCUT2D eigenvalue weighted by molar-refractivity contribution is 6.34. The van der Waals surface area contributed by atoms with Crippen LogP contribution in [-0.2, 0) is 0 Å². The molecule has 4 heteroatoms. The lowest BCUT2D eigenvalue weighted by Crippen LogP contribution is -2.27. The van der Waals surface area contributed by atoms with E-state index < -0.39 is 17.0 Å². The molecule has 0 unspecified atom stereocenters.